The van der Waals surface area contributed by atoms with Crippen LogP contribution in [0.1, 0.15) is 61.0 Å². The highest BCUT2D eigenvalue weighted by Crippen LogP contribution is 2.25. The molecule has 0 spiro atoms. The highest BCUT2D eigenvalue weighted by atomic mass is 16.3. The molecule has 1 fully saturated rings. The predicted octanol–water partition coefficient (Wildman–Crippen LogP) is 3.75. The molecule has 1 aliphatic rings. The van der Waals surface area contributed by atoms with Crippen LogP contribution in [-0.2, 0) is 0 Å². The number of hydrogen-bond acceptors (Lipinski definition) is 3. The number of nitrogens with one attached hydrogen (secondary N) is 1. The van der Waals surface area contributed by atoms with E-state index in [1.807, 2.05) is 6.20 Å². The lowest BCUT2D eigenvalue weighted by atomic mass is 9.92. The van der Waals surface area contributed by atoms with Crippen LogP contribution in [0.15, 0.2) is 24.4 Å². The van der Waals surface area contributed by atoms with Crippen LogP contribution in [0.5, 0.6) is 0 Å². The van der Waals surface area contributed by atoms with Crippen LogP contribution >= 0.6 is 0 Å². The van der Waals surface area contributed by atoms with E-state index in [1.165, 1.54) is 22.4 Å². The zero-order valence-corrected chi connectivity index (χ0v) is 15.2. The van der Waals surface area contributed by atoms with Gasteiger partial charge in [-0.25, -0.2) is 4.68 Å². The molecule has 2 aromatic rings. The first-order chi connectivity index (χ1) is 11.5. The molecule has 1 atom stereocenters. The van der Waals surface area contributed by atoms with Crippen molar-refractivity contribution in [3.63, 3.8) is 0 Å². The number of aliphatic hydroxyl groups is 1. The summed E-state index contributed by atoms with van der Waals surface area (Å²) < 4.78 is 2.06. The van der Waals surface area contributed by atoms with Gasteiger partial charge in [-0.2, -0.15) is 5.10 Å². The van der Waals surface area contributed by atoms with Crippen LogP contribution in [0.2, 0.25) is 0 Å². The van der Waals surface area contributed by atoms with Crippen molar-refractivity contribution >= 4 is 0 Å². The number of nitrogens with zero attached hydrogens (tertiary/aromatic N) is 2. The first kappa shape index (κ1) is 17.2. The zero-order chi connectivity index (χ0) is 17.3. The van der Waals surface area contributed by atoms with Crippen molar-refractivity contribution < 1.29 is 5.11 Å². The Labute approximate surface area is 144 Å². The van der Waals surface area contributed by atoms with Crippen LogP contribution in [-0.4, -0.2) is 27.0 Å². The Morgan fingerprint density at radius 1 is 1.17 bits per heavy atom. The molecule has 1 aromatic carbocycles. The lowest BCUT2D eigenvalue weighted by Crippen LogP contribution is -2.36. The summed E-state index contributed by atoms with van der Waals surface area (Å²) >= 11 is 0. The van der Waals surface area contributed by atoms with Crippen molar-refractivity contribution in [2.45, 2.75) is 71.6 Å². The first-order valence-corrected chi connectivity index (χ1v) is 9.02. The summed E-state index contributed by atoms with van der Waals surface area (Å²) in [5, 5.41) is 18.0. The van der Waals surface area contributed by atoms with Crippen molar-refractivity contribution in [1.82, 2.24) is 15.1 Å². The third-order valence-corrected chi connectivity index (χ3v) is 5.29. The highest BCUT2D eigenvalue weighted by molar-refractivity contribution is 5.44. The summed E-state index contributed by atoms with van der Waals surface area (Å²) in [7, 11) is 0. The fraction of sp³-hybridized carbons (Fsp3) is 0.550. The molecule has 1 unspecified atom stereocenters. The van der Waals surface area contributed by atoms with Crippen LogP contribution in [0.25, 0.3) is 5.69 Å². The Balaban J connectivity index is 1.78. The van der Waals surface area contributed by atoms with Gasteiger partial charge in [0.05, 0.1) is 18.0 Å². The lowest BCUT2D eigenvalue weighted by Gasteiger charge is -2.29. The molecule has 1 aromatic heterocycles. The zero-order valence-electron chi connectivity index (χ0n) is 15.2. The van der Waals surface area contributed by atoms with Crippen molar-refractivity contribution in [2.24, 2.45) is 0 Å². The molecule has 0 radical (unpaired) electrons. The first-order valence-electron chi connectivity index (χ1n) is 9.02. The molecular formula is C20H29N3O. The Kier molecular flexibility index (Phi) is 5.07. The standard InChI is InChI=1S/C20H29N3O/c1-13-5-6-14(2)20(11-13)23-16(4)19(12-21-23)15(3)22-17-7-9-18(24)10-8-17/h5-6,11-12,15,17-18,22,24H,7-10H2,1-4H3. The highest BCUT2D eigenvalue weighted by Gasteiger charge is 2.22. The van der Waals surface area contributed by atoms with Gasteiger partial charge in [-0.3, -0.25) is 0 Å². The van der Waals surface area contributed by atoms with Crippen molar-refractivity contribution in [2.75, 3.05) is 0 Å². The van der Waals surface area contributed by atoms with Gasteiger partial charge in [0, 0.05) is 23.3 Å². The van der Waals surface area contributed by atoms with E-state index in [-0.39, 0.29) is 12.1 Å². The molecule has 130 valence electrons. The number of rotatable bonds is 4. The van der Waals surface area contributed by atoms with Gasteiger partial charge in [0.1, 0.15) is 0 Å². The second kappa shape index (κ2) is 7.08. The summed E-state index contributed by atoms with van der Waals surface area (Å²) in [5.41, 5.74) is 6.09. The van der Waals surface area contributed by atoms with Gasteiger partial charge in [-0.05, 0) is 70.6 Å². The molecule has 1 saturated carbocycles. The quantitative estimate of drug-likeness (QED) is 0.899. The van der Waals surface area contributed by atoms with E-state index in [2.05, 4.69) is 61.0 Å². The van der Waals surface area contributed by atoms with Crippen molar-refractivity contribution in [3.05, 3.63) is 46.8 Å². The number of aliphatic hydroxyl groups excluding tert-OH is 1. The predicted molar refractivity (Wildman–Crippen MR) is 97.6 cm³/mol. The van der Waals surface area contributed by atoms with E-state index >= 15 is 0 Å². The summed E-state index contributed by atoms with van der Waals surface area (Å²) in [5.74, 6) is 0. The fourth-order valence-electron chi connectivity index (χ4n) is 3.72. The molecule has 4 heteroatoms. The van der Waals surface area contributed by atoms with Crippen LogP contribution in [0.3, 0.4) is 0 Å². The van der Waals surface area contributed by atoms with Gasteiger partial charge in [-0.1, -0.05) is 12.1 Å². The SMILES string of the molecule is Cc1ccc(C)c(-n2ncc(C(C)NC3CCC(O)CC3)c2C)c1. The maximum atomic E-state index is 9.66. The third-order valence-electron chi connectivity index (χ3n) is 5.29. The summed E-state index contributed by atoms with van der Waals surface area (Å²) in [6.45, 7) is 8.60. The monoisotopic (exact) mass is 327 g/mol. The molecule has 1 heterocycles. The van der Waals surface area contributed by atoms with E-state index in [4.69, 9.17) is 0 Å². The summed E-state index contributed by atoms with van der Waals surface area (Å²) in [4.78, 5) is 0. The second-order valence-corrected chi connectivity index (χ2v) is 7.28. The summed E-state index contributed by atoms with van der Waals surface area (Å²) in [6.07, 6.45) is 5.81. The van der Waals surface area contributed by atoms with Gasteiger partial charge in [-0.15, -0.1) is 0 Å². The third kappa shape index (κ3) is 3.55. The van der Waals surface area contributed by atoms with Crippen LogP contribution in [0.4, 0.5) is 0 Å². The average molecular weight is 327 g/mol. The number of benzene rings is 1. The van der Waals surface area contributed by atoms with Gasteiger partial charge in [0.15, 0.2) is 0 Å². The number of aromatic nitrogens is 2. The molecule has 2 N–H and O–H groups in total. The van der Waals surface area contributed by atoms with Gasteiger partial charge in [0.25, 0.3) is 0 Å². The maximum Gasteiger partial charge on any atom is 0.0680 e. The molecule has 0 bridgehead atoms. The van der Waals surface area contributed by atoms with Crippen molar-refractivity contribution in [1.29, 1.82) is 0 Å². The van der Waals surface area contributed by atoms with E-state index in [1.54, 1.807) is 0 Å². The maximum absolute atomic E-state index is 9.66. The van der Waals surface area contributed by atoms with Gasteiger partial charge >= 0.3 is 0 Å². The van der Waals surface area contributed by atoms with E-state index in [0.29, 0.717) is 6.04 Å². The molecule has 24 heavy (non-hydrogen) atoms. The minimum absolute atomic E-state index is 0.105. The van der Waals surface area contributed by atoms with Crippen LogP contribution < -0.4 is 5.32 Å². The van der Waals surface area contributed by atoms with E-state index in [9.17, 15) is 5.11 Å². The van der Waals surface area contributed by atoms with Crippen molar-refractivity contribution in [3.8, 4) is 5.69 Å². The molecule has 3 rings (SSSR count). The largest absolute Gasteiger partial charge is 0.393 e. The minimum Gasteiger partial charge on any atom is -0.393 e. The van der Waals surface area contributed by atoms with E-state index < -0.39 is 0 Å². The molecule has 4 nitrogen and oxygen atoms in total. The van der Waals surface area contributed by atoms with Gasteiger partial charge < -0.3 is 10.4 Å². The second-order valence-electron chi connectivity index (χ2n) is 7.28. The molecule has 0 aliphatic heterocycles. The molecular weight excluding hydrogens is 298 g/mol. The topological polar surface area (TPSA) is 50.1 Å². The Bertz CT molecular complexity index is 699. The summed E-state index contributed by atoms with van der Waals surface area (Å²) in [6, 6.07) is 7.25. The Hall–Kier alpha value is -1.65. The molecule has 0 amide bonds. The number of hydrogen-bond donors (Lipinski definition) is 2. The van der Waals surface area contributed by atoms with E-state index in [0.717, 1.165) is 31.4 Å². The average Bonchev–Trinajstić information content (AvgIpc) is 2.93. The molecule has 0 saturated heterocycles. The normalized spacial score (nSPS) is 22.5. The molecule has 1 aliphatic carbocycles. The van der Waals surface area contributed by atoms with Crippen LogP contribution in [0, 0.1) is 20.8 Å². The smallest absolute Gasteiger partial charge is 0.0680 e. The number of aryl methyl sites for hydroxylation is 2. The minimum atomic E-state index is -0.105. The Morgan fingerprint density at radius 3 is 2.58 bits per heavy atom. The Morgan fingerprint density at radius 2 is 1.88 bits per heavy atom. The lowest BCUT2D eigenvalue weighted by molar-refractivity contribution is 0.114. The fourth-order valence-corrected chi connectivity index (χ4v) is 3.72. The van der Waals surface area contributed by atoms with Gasteiger partial charge in [0.2, 0.25) is 0 Å².